The lowest BCUT2D eigenvalue weighted by Gasteiger charge is -2.31. The first-order valence-corrected chi connectivity index (χ1v) is 9.54. The van der Waals surface area contributed by atoms with E-state index >= 15 is 0 Å². The number of carbonyl (C=O) groups is 2. The van der Waals surface area contributed by atoms with E-state index in [1.807, 2.05) is 12.3 Å². The Bertz CT molecular complexity index is 852. The van der Waals surface area contributed by atoms with Gasteiger partial charge in [0.15, 0.2) is 0 Å². The van der Waals surface area contributed by atoms with Crippen LogP contribution in [0.25, 0.3) is 0 Å². The van der Waals surface area contributed by atoms with Gasteiger partial charge in [0.25, 0.3) is 5.91 Å². The quantitative estimate of drug-likeness (QED) is 0.851. The number of hydrogen-bond acceptors (Lipinski definition) is 6. The van der Waals surface area contributed by atoms with Crippen molar-refractivity contribution < 1.29 is 14.3 Å². The molecule has 2 aliphatic rings. The molecule has 2 aromatic rings. The Morgan fingerprint density at radius 1 is 1.11 bits per heavy atom. The van der Waals surface area contributed by atoms with Crippen molar-refractivity contribution in [3.8, 4) is 0 Å². The van der Waals surface area contributed by atoms with Crippen molar-refractivity contribution in [1.29, 1.82) is 0 Å². The van der Waals surface area contributed by atoms with Crippen molar-refractivity contribution in [2.24, 2.45) is 0 Å². The third-order valence-electron chi connectivity index (χ3n) is 4.94. The van der Waals surface area contributed by atoms with Gasteiger partial charge in [0.05, 0.1) is 19.8 Å². The third-order valence-corrected chi connectivity index (χ3v) is 4.94. The normalized spacial score (nSPS) is 16.4. The van der Waals surface area contributed by atoms with Gasteiger partial charge in [-0.25, -0.2) is 4.98 Å². The second-order valence-corrected chi connectivity index (χ2v) is 6.82. The fraction of sp³-hybridized carbons (Fsp3) is 0.400. The fourth-order valence-corrected chi connectivity index (χ4v) is 3.43. The number of nitrogens with zero attached hydrogens (tertiary/aromatic N) is 4. The Balaban J connectivity index is 1.46. The van der Waals surface area contributed by atoms with Crippen LogP contribution in [-0.4, -0.2) is 61.2 Å². The molecular weight excluding hydrogens is 358 g/mol. The van der Waals surface area contributed by atoms with Gasteiger partial charge in [-0.1, -0.05) is 18.2 Å². The van der Waals surface area contributed by atoms with E-state index in [-0.39, 0.29) is 18.4 Å². The highest BCUT2D eigenvalue weighted by Crippen LogP contribution is 2.26. The number of anilines is 2. The molecule has 2 aliphatic heterocycles. The van der Waals surface area contributed by atoms with Gasteiger partial charge in [0.2, 0.25) is 11.9 Å². The molecule has 0 saturated carbocycles. The molecule has 1 fully saturated rings. The van der Waals surface area contributed by atoms with Gasteiger partial charge >= 0.3 is 0 Å². The molecule has 2 amide bonds. The minimum absolute atomic E-state index is 0.0654. The molecule has 4 rings (SSSR count). The minimum Gasteiger partial charge on any atom is -0.378 e. The Morgan fingerprint density at radius 3 is 2.68 bits per heavy atom. The van der Waals surface area contributed by atoms with Crippen molar-refractivity contribution in [3.63, 3.8) is 0 Å². The fourth-order valence-electron chi connectivity index (χ4n) is 3.43. The molecule has 0 atom stereocenters. The zero-order chi connectivity index (χ0) is 19.3. The molecule has 8 heteroatoms. The number of morpholine rings is 1. The van der Waals surface area contributed by atoms with Crippen molar-refractivity contribution in [3.05, 3.63) is 47.7 Å². The summed E-state index contributed by atoms with van der Waals surface area (Å²) in [4.78, 5) is 37.9. The van der Waals surface area contributed by atoms with Crippen LogP contribution in [0.1, 0.15) is 22.3 Å². The van der Waals surface area contributed by atoms with Crippen molar-refractivity contribution in [2.45, 2.75) is 12.8 Å². The Kier molecular flexibility index (Phi) is 5.48. The third kappa shape index (κ3) is 3.96. The molecule has 0 unspecified atom stereocenters. The molecule has 28 heavy (non-hydrogen) atoms. The number of aryl methyl sites for hydroxylation is 1. The number of amides is 2. The number of aromatic nitrogens is 2. The molecule has 3 heterocycles. The Morgan fingerprint density at radius 2 is 1.89 bits per heavy atom. The molecule has 0 aliphatic carbocycles. The number of ether oxygens (including phenoxy) is 1. The van der Waals surface area contributed by atoms with Gasteiger partial charge in [-0.3, -0.25) is 14.5 Å². The predicted octanol–water partition coefficient (Wildman–Crippen LogP) is 1.02. The van der Waals surface area contributed by atoms with E-state index in [2.05, 4.69) is 20.2 Å². The molecular formula is C20H23N5O3. The van der Waals surface area contributed by atoms with Gasteiger partial charge < -0.3 is 15.0 Å². The largest absolute Gasteiger partial charge is 0.378 e. The number of carbonyl (C=O) groups excluding carboxylic acids is 2. The molecule has 0 radical (unpaired) electrons. The molecule has 8 nitrogen and oxygen atoms in total. The second kappa shape index (κ2) is 8.35. The van der Waals surface area contributed by atoms with Gasteiger partial charge in [-0.05, 0) is 25.0 Å². The molecule has 1 aromatic heterocycles. The minimum atomic E-state index is -0.261. The first-order chi connectivity index (χ1) is 13.7. The topological polar surface area (TPSA) is 87.7 Å². The number of rotatable bonds is 4. The summed E-state index contributed by atoms with van der Waals surface area (Å²) in [6.45, 7) is 3.29. The molecule has 146 valence electrons. The smallest absolute Gasteiger partial charge is 0.251 e. The van der Waals surface area contributed by atoms with Gasteiger partial charge in [-0.15, -0.1) is 0 Å². The van der Waals surface area contributed by atoms with Crippen LogP contribution in [0.3, 0.4) is 0 Å². The van der Waals surface area contributed by atoms with E-state index < -0.39 is 0 Å². The van der Waals surface area contributed by atoms with Crippen LogP contribution in [0.4, 0.5) is 11.8 Å². The monoisotopic (exact) mass is 381 g/mol. The average molecular weight is 381 g/mol. The lowest BCUT2D eigenvalue weighted by atomic mass is 10.1. The number of benzene rings is 1. The summed E-state index contributed by atoms with van der Waals surface area (Å²) in [6, 6.07) is 8.87. The van der Waals surface area contributed by atoms with E-state index in [0.717, 1.165) is 31.5 Å². The summed E-state index contributed by atoms with van der Waals surface area (Å²) < 4.78 is 5.38. The van der Waals surface area contributed by atoms with E-state index in [9.17, 15) is 9.59 Å². The summed E-state index contributed by atoms with van der Waals surface area (Å²) in [5.74, 6) is 0.844. The Hall–Kier alpha value is -3.00. The van der Waals surface area contributed by atoms with Crippen LogP contribution in [0.15, 0.2) is 36.5 Å². The molecule has 0 bridgehead atoms. The first-order valence-electron chi connectivity index (χ1n) is 9.54. The van der Waals surface area contributed by atoms with Crippen LogP contribution in [0, 0.1) is 0 Å². The Labute approximate surface area is 163 Å². The second-order valence-electron chi connectivity index (χ2n) is 6.82. The van der Waals surface area contributed by atoms with Crippen LogP contribution >= 0.6 is 0 Å². The highest BCUT2D eigenvalue weighted by molar-refractivity contribution is 6.00. The maximum atomic E-state index is 12.8. The molecule has 1 N–H and O–H groups in total. The zero-order valence-electron chi connectivity index (χ0n) is 15.6. The first kappa shape index (κ1) is 18.4. The van der Waals surface area contributed by atoms with E-state index in [1.54, 1.807) is 29.2 Å². The SMILES string of the molecule is O=C(NCC(=O)N1CCCc2cnc(N3CCOCC3)nc21)c1ccccc1. The molecule has 1 saturated heterocycles. The standard InChI is InChI=1S/C20H23N5O3/c26-17(14-21-19(27)15-5-2-1-3-6-15)25-8-4-7-16-13-22-20(23-18(16)25)24-9-11-28-12-10-24/h1-3,5-6,13H,4,7-12,14H2,(H,21,27). The summed E-state index contributed by atoms with van der Waals surface area (Å²) >= 11 is 0. The van der Waals surface area contributed by atoms with E-state index in [0.29, 0.717) is 37.1 Å². The highest BCUT2D eigenvalue weighted by atomic mass is 16.5. The number of hydrogen-bond donors (Lipinski definition) is 1. The summed E-state index contributed by atoms with van der Waals surface area (Å²) in [5.41, 5.74) is 1.50. The summed E-state index contributed by atoms with van der Waals surface area (Å²) in [6.07, 6.45) is 3.51. The van der Waals surface area contributed by atoms with Gasteiger partial charge in [0, 0.05) is 37.0 Å². The summed E-state index contributed by atoms with van der Waals surface area (Å²) in [5, 5.41) is 2.70. The van der Waals surface area contributed by atoms with Crippen LogP contribution in [0.2, 0.25) is 0 Å². The van der Waals surface area contributed by atoms with Crippen LogP contribution in [0.5, 0.6) is 0 Å². The van der Waals surface area contributed by atoms with Crippen molar-refractivity contribution in [2.75, 3.05) is 49.2 Å². The van der Waals surface area contributed by atoms with Crippen LogP contribution in [-0.2, 0) is 16.0 Å². The molecule has 0 spiro atoms. The maximum Gasteiger partial charge on any atom is 0.251 e. The van der Waals surface area contributed by atoms with Crippen molar-refractivity contribution >= 4 is 23.6 Å². The van der Waals surface area contributed by atoms with Gasteiger partial charge in [0.1, 0.15) is 5.82 Å². The lowest BCUT2D eigenvalue weighted by molar-refractivity contribution is -0.117. The predicted molar refractivity (Wildman–Crippen MR) is 105 cm³/mol. The number of nitrogens with one attached hydrogen (secondary N) is 1. The zero-order valence-corrected chi connectivity index (χ0v) is 15.6. The number of fused-ring (bicyclic) bond motifs is 1. The average Bonchev–Trinajstić information content (AvgIpc) is 2.77. The summed E-state index contributed by atoms with van der Waals surface area (Å²) in [7, 11) is 0. The molecule has 1 aromatic carbocycles. The van der Waals surface area contributed by atoms with Crippen LogP contribution < -0.4 is 15.1 Å². The van der Waals surface area contributed by atoms with Gasteiger partial charge in [-0.2, -0.15) is 4.98 Å². The van der Waals surface area contributed by atoms with E-state index in [1.165, 1.54) is 0 Å². The lowest BCUT2D eigenvalue weighted by Crippen LogP contribution is -2.44. The highest BCUT2D eigenvalue weighted by Gasteiger charge is 2.26. The van der Waals surface area contributed by atoms with Crippen molar-refractivity contribution in [1.82, 2.24) is 15.3 Å². The maximum absolute atomic E-state index is 12.8. The van der Waals surface area contributed by atoms with E-state index in [4.69, 9.17) is 4.74 Å².